The summed E-state index contributed by atoms with van der Waals surface area (Å²) in [6.45, 7) is 0. The van der Waals surface area contributed by atoms with Gasteiger partial charge in [-0.05, 0) is 6.07 Å². The van der Waals surface area contributed by atoms with Gasteiger partial charge in [0.2, 0.25) is 0 Å². The minimum Gasteiger partial charge on any atom is -0.258 e. The van der Waals surface area contributed by atoms with Crippen molar-refractivity contribution in [2.45, 2.75) is 0 Å². The molecule has 0 unspecified atom stereocenters. The van der Waals surface area contributed by atoms with Gasteiger partial charge in [0.05, 0.1) is 16.9 Å². The summed E-state index contributed by atoms with van der Waals surface area (Å²) in [4.78, 5) is 10.1. The van der Waals surface area contributed by atoms with Gasteiger partial charge in [-0.15, -0.1) is 0 Å². The molecule has 18 heavy (non-hydrogen) atoms. The SMILES string of the molecule is CS(=O)(=O)n1ccc(-c2cccc([N+](=O)[O-])c2)n1. The van der Waals surface area contributed by atoms with Crippen molar-refractivity contribution >= 4 is 15.7 Å². The highest BCUT2D eigenvalue weighted by Crippen LogP contribution is 2.22. The fourth-order valence-corrected chi connectivity index (χ4v) is 1.94. The Morgan fingerprint density at radius 3 is 2.61 bits per heavy atom. The minimum absolute atomic E-state index is 0.0681. The molecule has 0 aliphatic rings. The zero-order valence-corrected chi connectivity index (χ0v) is 10.2. The Kier molecular flexibility index (Phi) is 2.87. The number of hydrogen-bond donors (Lipinski definition) is 0. The summed E-state index contributed by atoms with van der Waals surface area (Å²) in [6.07, 6.45) is 2.32. The molecule has 0 spiro atoms. The fraction of sp³-hybridized carbons (Fsp3) is 0.100. The topological polar surface area (TPSA) is 95.1 Å². The van der Waals surface area contributed by atoms with Crippen molar-refractivity contribution in [2.75, 3.05) is 6.26 Å². The molecule has 1 aromatic carbocycles. The first-order valence-corrected chi connectivity index (χ1v) is 6.74. The summed E-state index contributed by atoms with van der Waals surface area (Å²) in [6, 6.07) is 7.33. The number of nitro groups is 1. The van der Waals surface area contributed by atoms with Gasteiger partial charge >= 0.3 is 0 Å². The van der Waals surface area contributed by atoms with E-state index in [0.29, 0.717) is 11.3 Å². The lowest BCUT2D eigenvalue weighted by molar-refractivity contribution is -0.384. The first kappa shape index (κ1) is 12.2. The largest absolute Gasteiger partial charge is 0.270 e. The molecule has 0 fully saturated rings. The molecule has 0 saturated carbocycles. The van der Waals surface area contributed by atoms with Crippen LogP contribution in [0.3, 0.4) is 0 Å². The molecule has 0 bridgehead atoms. The van der Waals surface area contributed by atoms with Gasteiger partial charge < -0.3 is 0 Å². The summed E-state index contributed by atoms with van der Waals surface area (Å²) < 4.78 is 23.3. The number of non-ortho nitro benzene ring substituents is 1. The maximum absolute atomic E-state index is 11.2. The molecular formula is C10H9N3O4S. The number of nitro benzene ring substituents is 1. The van der Waals surface area contributed by atoms with Crippen molar-refractivity contribution in [3.05, 3.63) is 46.6 Å². The summed E-state index contributed by atoms with van der Waals surface area (Å²) in [5.41, 5.74) is 0.789. The number of nitrogens with zero attached hydrogens (tertiary/aromatic N) is 3. The molecule has 0 saturated heterocycles. The van der Waals surface area contributed by atoms with Crippen LogP contribution in [0.2, 0.25) is 0 Å². The van der Waals surface area contributed by atoms with Crippen molar-refractivity contribution < 1.29 is 13.3 Å². The molecule has 2 aromatic rings. The minimum atomic E-state index is -3.44. The van der Waals surface area contributed by atoms with Crippen molar-refractivity contribution in [3.63, 3.8) is 0 Å². The maximum atomic E-state index is 11.2. The predicted molar refractivity (Wildman–Crippen MR) is 64.6 cm³/mol. The molecule has 0 aliphatic carbocycles. The van der Waals surface area contributed by atoms with Gasteiger partial charge in [-0.1, -0.05) is 12.1 Å². The number of rotatable bonds is 3. The average molecular weight is 267 g/mol. The standard InChI is InChI=1S/C10H9N3O4S/c1-18(16,17)12-6-5-10(11-12)8-3-2-4-9(7-8)13(14)15/h2-7H,1H3. The zero-order chi connectivity index (χ0) is 13.3. The Bertz CT molecular complexity index is 705. The van der Waals surface area contributed by atoms with E-state index in [1.54, 1.807) is 6.07 Å². The van der Waals surface area contributed by atoms with Gasteiger partial charge in [-0.2, -0.15) is 9.19 Å². The normalized spacial score (nSPS) is 11.4. The van der Waals surface area contributed by atoms with E-state index in [9.17, 15) is 18.5 Å². The van der Waals surface area contributed by atoms with Gasteiger partial charge in [0.25, 0.3) is 15.7 Å². The number of aromatic nitrogens is 2. The molecule has 94 valence electrons. The van der Waals surface area contributed by atoms with Gasteiger partial charge in [0.1, 0.15) is 0 Å². The molecule has 1 heterocycles. The Labute approximate surface area is 103 Å². The molecule has 2 rings (SSSR count). The summed E-state index contributed by atoms with van der Waals surface area (Å²) in [5, 5.41) is 14.5. The smallest absolute Gasteiger partial charge is 0.258 e. The van der Waals surface area contributed by atoms with E-state index < -0.39 is 14.9 Å². The monoisotopic (exact) mass is 267 g/mol. The fourth-order valence-electron chi connectivity index (χ4n) is 1.42. The van der Waals surface area contributed by atoms with E-state index in [1.807, 2.05) is 0 Å². The van der Waals surface area contributed by atoms with Crippen LogP contribution < -0.4 is 0 Å². The molecule has 8 heteroatoms. The second-order valence-electron chi connectivity index (χ2n) is 3.64. The average Bonchev–Trinajstić information content (AvgIpc) is 2.78. The first-order valence-electron chi connectivity index (χ1n) is 4.89. The van der Waals surface area contributed by atoms with Gasteiger partial charge in [-0.25, -0.2) is 8.42 Å². The van der Waals surface area contributed by atoms with Crippen LogP contribution in [-0.2, 0) is 10.0 Å². The maximum Gasteiger partial charge on any atom is 0.270 e. The highest BCUT2D eigenvalue weighted by molar-refractivity contribution is 7.89. The third-order valence-electron chi connectivity index (χ3n) is 2.26. The molecule has 0 atom stereocenters. The van der Waals surface area contributed by atoms with E-state index in [-0.39, 0.29) is 5.69 Å². The highest BCUT2D eigenvalue weighted by atomic mass is 32.2. The first-order chi connectivity index (χ1) is 8.38. The lowest BCUT2D eigenvalue weighted by Gasteiger charge is -1.98. The molecule has 0 amide bonds. The Balaban J connectivity index is 2.46. The van der Waals surface area contributed by atoms with Crippen LogP contribution in [0.25, 0.3) is 11.3 Å². The molecular weight excluding hydrogens is 258 g/mol. The lowest BCUT2D eigenvalue weighted by Crippen LogP contribution is -2.10. The summed E-state index contributed by atoms with van der Waals surface area (Å²) >= 11 is 0. The zero-order valence-electron chi connectivity index (χ0n) is 9.35. The quantitative estimate of drug-likeness (QED) is 0.616. The van der Waals surface area contributed by atoms with E-state index in [0.717, 1.165) is 10.3 Å². The second-order valence-corrected chi connectivity index (χ2v) is 5.48. The predicted octanol–water partition coefficient (Wildman–Crippen LogP) is 1.27. The van der Waals surface area contributed by atoms with E-state index in [4.69, 9.17) is 0 Å². The van der Waals surface area contributed by atoms with Gasteiger partial charge in [-0.3, -0.25) is 10.1 Å². The van der Waals surface area contributed by atoms with Crippen LogP contribution in [0.1, 0.15) is 0 Å². The van der Waals surface area contributed by atoms with Crippen molar-refractivity contribution in [1.82, 2.24) is 9.19 Å². The van der Waals surface area contributed by atoms with E-state index in [2.05, 4.69) is 5.10 Å². The summed E-state index contributed by atoms with van der Waals surface area (Å²) in [7, 11) is -3.44. The second kappa shape index (κ2) is 4.22. The van der Waals surface area contributed by atoms with Gasteiger partial charge in [0.15, 0.2) is 0 Å². The number of hydrogen-bond acceptors (Lipinski definition) is 5. The van der Waals surface area contributed by atoms with Crippen LogP contribution >= 0.6 is 0 Å². The van der Waals surface area contributed by atoms with Gasteiger partial charge in [0, 0.05) is 23.9 Å². The Morgan fingerprint density at radius 1 is 1.33 bits per heavy atom. The third-order valence-corrected chi connectivity index (χ3v) is 3.14. The van der Waals surface area contributed by atoms with E-state index >= 15 is 0 Å². The van der Waals surface area contributed by atoms with Crippen molar-refractivity contribution in [1.29, 1.82) is 0 Å². The third kappa shape index (κ3) is 2.38. The Morgan fingerprint density at radius 2 is 2.06 bits per heavy atom. The molecule has 0 radical (unpaired) electrons. The molecule has 7 nitrogen and oxygen atoms in total. The molecule has 0 N–H and O–H groups in total. The van der Waals surface area contributed by atoms with Crippen LogP contribution in [-0.4, -0.2) is 28.8 Å². The highest BCUT2D eigenvalue weighted by Gasteiger charge is 2.11. The van der Waals surface area contributed by atoms with Crippen molar-refractivity contribution in [2.24, 2.45) is 0 Å². The Hall–Kier alpha value is -2.22. The molecule has 1 aromatic heterocycles. The van der Waals surface area contributed by atoms with E-state index in [1.165, 1.54) is 30.5 Å². The van der Waals surface area contributed by atoms with Crippen molar-refractivity contribution in [3.8, 4) is 11.3 Å². The lowest BCUT2D eigenvalue weighted by atomic mass is 10.1. The van der Waals surface area contributed by atoms with Crippen LogP contribution in [0, 0.1) is 10.1 Å². The van der Waals surface area contributed by atoms with Crippen LogP contribution in [0.5, 0.6) is 0 Å². The van der Waals surface area contributed by atoms with Crippen LogP contribution in [0.15, 0.2) is 36.5 Å². The number of benzene rings is 1. The summed E-state index contributed by atoms with van der Waals surface area (Å²) in [5.74, 6) is 0. The van der Waals surface area contributed by atoms with Crippen LogP contribution in [0.4, 0.5) is 5.69 Å². The molecule has 0 aliphatic heterocycles.